The lowest BCUT2D eigenvalue weighted by Crippen LogP contribution is -2.49. The van der Waals surface area contributed by atoms with E-state index in [4.69, 9.17) is 11.6 Å². The molecule has 3 aromatic rings. The Labute approximate surface area is 152 Å². The third kappa shape index (κ3) is 2.96. The highest BCUT2D eigenvalue weighted by atomic mass is 35.5. The van der Waals surface area contributed by atoms with Crippen molar-refractivity contribution in [2.24, 2.45) is 0 Å². The molecule has 0 bridgehead atoms. The minimum absolute atomic E-state index is 0.136. The zero-order valence-electron chi connectivity index (χ0n) is 13.6. The molecule has 4 rings (SSSR count). The summed E-state index contributed by atoms with van der Waals surface area (Å²) in [7, 11) is 0. The van der Waals surface area contributed by atoms with Crippen molar-refractivity contribution >= 4 is 29.1 Å². The van der Waals surface area contributed by atoms with E-state index in [-0.39, 0.29) is 11.5 Å². The van der Waals surface area contributed by atoms with Gasteiger partial charge in [-0.2, -0.15) is 0 Å². The molecule has 1 amide bonds. The highest BCUT2D eigenvalue weighted by molar-refractivity contribution is 6.30. The fourth-order valence-corrected chi connectivity index (χ4v) is 3.15. The van der Waals surface area contributed by atoms with Crippen molar-refractivity contribution in [2.45, 2.75) is 0 Å². The van der Waals surface area contributed by atoms with Crippen LogP contribution >= 0.6 is 11.6 Å². The van der Waals surface area contributed by atoms with Crippen molar-refractivity contribution in [3.8, 4) is 0 Å². The Morgan fingerprint density at radius 3 is 2.50 bits per heavy atom. The summed E-state index contributed by atoms with van der Waals surface area (Å²) in [5.41, 5.74) is 0.821. The van der Waals surface area contributed by atoms with Gasteiger partial charge in [0, 0.05) is 37.9 Å². The Hall–Kier alpha value is -2.74. The zero-order chi connectivity index (χ0) is 18.3. The number of anilines is 1. The smallest absolute Gasteiger partial charge is 0.254 e. The Bertz CT molecular complexity index is 984. The molecule has 0 atom stereocenters. The van der Waals surface area contributed by atoms with Crippen LogP contribution in [0.1, 0.15) is 10.4 Å². The predicted octanol–water partition coefficient (Wildman–Crippen LogP) is 2.62. The largest absolute Gasteiger partial charge is 0.337 e. The Kier molecular flexibility index (Phi) is 4.20. The fraction of sp³-hybridized carbons (Fsp3) is 0.235. The van der Waals surface area contributed by atoms with Gasteiger partial charge in [0.2, 0.25) is 5.95 Å². The van der Waals surface area contributed by atoms with Crippen LogP contribution in [0.4, 0.5) is 14.7 Å². The number of carbonyl (C=O) groups is 1. The maximum absolute atomic E-state index is 13.4. The summed E-state index contributed by atoms with van der Waals surface area (Å²) in [5.74, 6) is -1.66. The number of amides is 1. The molecular weight excluding hydrogens is 364 g/mol. The summed E-state index contributed by atoms with van der Waals surface area (Å²) in [5, 5.41) is 8.88. The molecule has 0 N–H and O–H groups in total. The van der Waals surface area contributed by atoms with Crippen molar-refractivity contribution in [2.75, 3.05) is 31.1 Å². The normalized spacial score (nSPS) is 14.9. The van der Waals surface area contributed by atoms with Crippen LogP contribution in [0, 0.1) is 11.6 Å². The van der Waals surface area contributed by atoms with Gasteiger partial charge in [-0.15, -0.1) is 10.2 Å². The van der Waals surface area contributed by atoms with Gasteiger partial charge in [0.25, 0.3) is 5.91 Å². The number of rotatable bonds is 2. The average Bonchev–Trinajstić information content (AvgIpc) is 3.06. The molecule has 0 spiro atoms. The summed E-state index contributed by atoms with van der Waals surface area (Å²) in [6.07, 6.45) is 1.74. The van der Waals surface area contributed by atoms with Crippen LogP contribution < -0.4 is 4.90 Å². The number of carbonyl (C=O) groups excluding carboxylic acids is 1. The third-order valence-electron chi connectivity index (χ3n) is 4.36. The average molecular weight is 378 g/mol. The molecule has 0 aliphatic carbocycles. The Balaban J connectivity index is 1.49. The van der Waals surface area contributed by atoms with E-state index >= 15 is 0 Å². The van der Waals surface area contributed by atoms with Crippen molar-refractivity contribution in [1.29, 1.82) is 0 Å². The van der Waals surface area contributed by atoms with Gasteiger partial charge in [-0.1, -0.05) is 11.6 Å². The van der Waals surface area contributed by atoms with Crippen LogP contribution in [-0.4, -0.2) is 51.6 Å². The van der Waals surface area contributed by atoms with Gasteiger partial charge in [-0.3, -0.25) is 9.20 Å². The highest BCUT2D eigenvalue weighted by Gasteiger charge is 2.25. The minimum atomic E-state index is -1.03. The number of pyridine rings is 1. The lowest BCUT2D eigenvalue weighted by molar-refractivity contribution is 0.0745. The van der Waals surface area contributed by atoms with E-state index in [2.05, 4.69) is 10.2 Å². The number of nitrogens with zero attached hydrogens (tertiary/aromatic N) is 5. The molecule has 1 aliphatic heterocycles. The molecule has 3 heterocycles. The van der Waals surface area contributed by atoms with Gasteiger partial charge in [-0.05, 0) is 30.3 Å². The first kappa shape index (κ1) is 16.7. The molecule has 1 aliphatic rings. The number of hydrogen-bond donors (Lipinski definition) is 0. The number of benzene rings is 1. The molecule has 134 valence electrons. The molecule has 1 aromatic carbocycles. The van der Waals surface area contributed by atoms with Gasteiger partial charge in [-0.25, -0.2) is 8.78 Å². The maximum atomic E-state index is 13.4. The molecule has 9 heteroatoms. The molecule has 1 saturated heterocycles. The predicted molar refractivity (Wildman–Crippen MR) is 92.5 cm³/mol. The number of piperazine rings is 1. The van der Waals surface area contributed by atoms with Crippen LogP contribution in [0.25, 0.3) is 5.65 Å². The van der Waals surface area contributed by atoms with Gasteiger partial charge in [0.15, 0.2) is 17.3 Å². The topological polar surface area (TPSA) is 53.7 Å². The summed E-state index contributed by atoms with van der Waals surface area (Å²) in [4.78, 5) is 16.1. The number of halogens is 3. The van der Waals surface area contributed by atoms with Gasteiger partial charge in [0.1, 0.15) is 0 Å². The molecule has 26 heavy (non-hydrogen) atoms. The molecule has 1 fully saturated rings. The quantitative estimate of drug-likeness (QED) is 0.689. The number of hydrogen-bond acceptors (Lipinski definition) is 4. The maximum Gasteiger partial charge on any atom is 0.254 e. The SMILES string of the molecule is O=C(c1ccc(F)c(F)c1)N1CCN(c2nnc3ccc(Cl)cn23)CC1. The monoisotopic (exact) mass is 377 g/mol. The second kappa shape index (κ2) is 6.53. The van der Waals surface area contributed by atoms with Crippen LogP contribution in [-0.2, 0) is 0 Å². The minimum Gasteiger partial charge on any atom is -0.337 e. The van der Waals surface area contributed by atoms with E-state index < -0.39 is 11.6 Å². The molecule has 0 radical (unpaired) electrons. The molecule has 0 saturated carbocycles. The van der Waals surface area contributed by atoms with E-state index in [1.165, 1.54) is 6.07 Å². The highest BCUT2D eigenvalue weighted by Crippen LogP contribution is 2.19. The van der Waals surface area contributed by atoms with E-state index in [1.807, 2.05) is 4.90 Å². The van der Waals surface area contributed by atoms with Gasteiger partial charge < -0.3 is 9.80 Å². The van der Waals surface area contributed by atoms with Crippen molar-refractivity contribution in [1.82, 2.24) is 19.5 Å². The van der Waals surface area contributed by atoms with Gasteiger partial charge >= 0.3 is 0 Å². The summed E-state index contributed by atoms with van der Waals surface area (Å²) in [6.45, 7) is 1.96. The van der Waals surface area contributed by atoms with Crippen LogP contribution in [0.2, 0.25) is 5.02 Å². The third-order valence-corrected chi connectivity index (χ3v) is 4.59. The van der Waals surface area contributed by atoms with Crippen LogP contribution in [0.3, 0.4) is 0 Å². The lowest BCUT2D eigenvalue weighted by atomic mass is 10.1. The van der Waals surface area contributed by atoms with Crippen molar-refractivity contribution in [3.05, 3.63) is 58.7 Å². The zero-order valence-corrected chi connectivity index (χ0v) is 14.3. The van der Waals surface area contributed by atoms with Crippen LogP contribution in [0.15, 0.2) is 36.5 Å². The van der Waals surface area contributed by atoms with E-state index in [0.29, 0.717) is 42.8 Å². The molecule has 2 aromatic heterocycles. The van der Waals surface area contributed by atoms with Crippen molar-refractivity contribution in [3.63, 3.8) is 0 Å². The second-order valence-corrected chi connectivity index (χ2v) is 6.42. The fourth-order valence-electron chi connectivity index (χ4n) is 2.99. The Morgan fingerprint density at radius 2 is 1.77 bits per heavy atom. The molecular formula is C17H14ClF2N5O. The second-order valence-electron chi connectivity index (χ2n) is 5.98. The Morgan fingerprint density at radius 1 is 1.00 bits per heavy atom. The van der Waals surface area contributed by atoms with E-state index in [0.717, 1.165) is 12.1 Å². The number of fused-ring (bicyclic) bond motifs is 1. The summed E-state index contributed by atoms with van der Waals surface area (Å²) >= 11 is 6.04. The number of aromatic nitrogens is 3. The first-order chi connectivity index (χ1) is 12.5. The van der Waals surface area contributed by atoms with Gasteiger partial charge in [0.05, 0.1) is 5.02 Å². The molecule has 6 nitrogen and oxygen atoms in total. The van der Waals surface area contributed by atoms with Crippen molar-refractivity contribution < 1.29 is 13.6 Å². The first-order valence-corrected chi connectivity index (χ1v) is 8.40. The molecule has 0 unspecified atom stereocenters. The lowest BCUT2D eigenvalue weighted by Gasteiger charge is -2.34. The van der Waals surface area contributed by atoms with Crippen LogP contribution in [0.5, 0.6) is 0 Å². The standard InChI is InChI=1S/C17H14ClF2N5O/c18-12-2-4-15-21-22-17(25(15)10-12)24-7-5-23(6-8-24)16(26)11-1-3-13(19)14(20)9-11/h1-4,9-10H,5-8H2. The first-order valence-electron chi connectivity index (χ1n) is 8.02. The van der Waals surface area contributed by atoms with E-state index in [1.54, 1.807) is 27.6 Å². The summed E-state index contributed by atoms with van der Waals surface area (Å²) in [6, 6.07) is 6.71. The summed E-state index contributed by atoms with van der Waals surface area (Å²) < 4.78 is 28.2. The van der Waals surface area contributed by atoms with E-state index in [9.17, 15) is 13.6 Å².